The van der Waals surface area contributed by atoms with Crippen molar-refractivity contribution in [2.24, 2.45) is 7.05 Å². The summed E-state index contributed by atoms with van der Waals surface area (Å²) >= 11 is 0. The minimum absolute atomic E-state index is 0.285. The molecule has 0 aliphatic heterocycles. The summed E-state index contributed by atoms with van der Waals surface area (Å²) in [6.45, 7) is 0.662. The number of tetrazole rings is 1. The molecule has 1 heterocycles. The molecule has 102 valence electrons. The van der Waals surface area contributed by atoms with Crippen LogP contribution in [0.1, 0.15) is 12.2 Å². The number of nitrogens with zero attached hydrogens (tertiary/aromatic N) is 4. The molecule has 6 nitrogen and oxygen atoms in total. The molecule has 0 saturated carbocycles. The van der Waals surface area contributed by atoms with E-state index in [1.807, 2.05) is 37.4 Å². The third-order valence-corrected chi connectivity index (χ3v) is 2.87. The number of hydrogen-bond acceptors (Lipinski definition) is 5. The quantitative estimate of drug-likeness (QED) is 0.799. The first-order valence-electron chi connectivity index (χ1n) is 6.36. The third-order valence-electron chi connectivity index (χ3n) is 2.87. The van der Waals surface area contributed by atoms with Crippen LogP contribution in [0.2, 0.25) is 0 Å². The second-order valence-electron chi connectivity index (χ2n) is 4.34. The second-order valence-corrected chi connectivity index (χ2v) is 4.34. The highest BCUT2D eigenvalue weighted by atomic mass is 16.5. The summed E-state index contributed by atoms with van der Waals surface area (Å²) < 4.78 is 5.68. The van der Waals surface area contributed by atoms with Crippen molar-refractivity contribution in [3.8, 4) is 5.75 Å². The highest BCUT2D eigenvalue weighted by Crippen LogP contribution is 2.09. The van der Waals surface area contributed by atoms with Crippen molar-refractivity contribution in [1.82, 2.24) is 25.5 Å². The number of rotatable bonds is 7. The summed E-state index contributed by atoms with van der Waals surface area (Å²) in [5.41, 5.74) is 0. The van der Waals surface area contributed by atoms with Gasteiger partial charge in [0.2, 0.25) is 0 Å². The lowest BCUT2D eigenvalue weighted by molar-refractivity contribution is 0.287. The van der Waals surface area contributed by atoms with Gasteiger partial charge < -0.3 is 10.1 Å². The van der Waals surface area contributed by atoms with E-state index in [1.54, 1.807) is 7.05 Å². The fraction of sp³-hybridized carbons (Fsp3) is 0.462. The zero-order chi connectivity index (χ0) is 13.5. The van der Waals surface area contributed by atoms with E-state index in [4.69, 9.17) is 4.74 Å². The largest absolute Gasteiger partial charge is 0.494 e. The smallest absolute Gasteiger partial charge is 0.176 e. The lowest BCUT2D eigenvalue weighted by Crippen LogP contribution is -2.30. The zero-order valence-electron chi connectivity index (χ0n) is 11.3. The van der Waals surface area contributed by atoms with Crippen molar-refractivity contribution >= 4 is 0 Å². The van der Waals surface area contributed by atoms with Gasteiger partial charge in [-0.05, 0) is 30.8 Å². The summed E-state index contributed by atoms with van der Waals surface area (Å²) in [6.07, 6.45) is 1.64. The number of para-hydroxylation sites is 1. The molecule has 2 rings (SSSR count). The van der Waals surface area contributed by atoms with Crippen LogP contribution in [0.4, 0.5) is 0 Å². The highest BCUT2D eigenvalue weighted by Gasteiger charge is 2.11. The van der Waals surface area contributed by atoms with Gasteiger partial charge in [0.05, 0.1) is 13.7 Å². The van der Waals surface area contributed by atoms with Crippen LogP contribution in [-0.2, 0) is 13.5 Å². The Morgan fingerprint density at radius 1 is 1.32 bits per heavy atom. The third kappa shape index (κ3) is 4.33. The van der Waals surface area contributed by atoms with Gasteiger partial charge in [-0.25, -0.2) is 0 Å². The maximum absolute atomic E-state index is 5.68. The van der Waals surface area contributed by atoms with Crippen LogP contribution in [0, 0.1) is 0 Å². The van der Waals surface area contributed by atoms with Gasteiger partial charge in [0, 0.05) is 12.5 Å². The monoisotopic (exact) mass is 261 g/mol. The molecule has 1 aromatic heterocycles. The van der Waals surface area contributed by atoms with Gasteiger partial charge in [-0.15, -0.1) is 10.2 Å². The Morgan fingerprint density at radius 3 is 2.74 bits per heavy atom. The molecule has 0 radical (unpaired) electrons. The molecule has 0 aliphatic rings. The normalized spacial score (nSPS) is 12.3. The standard InChI is InChI=1S/C13H19N5O/c1-14-11(10-13-15-17-18(2)16-13)8-9-19-12-6-4-3-5-7-12/h3-7,11,14H,8-10H2,1-2H3. The molecule has 19 heavy (non-hydrogen) atoms. The van der Waals surface area contributed by atoms with Gasteiger partial charge in [0.1, 0.15) is 5.75 Å². The summed E-state index contributed by atoms with van der Waals surface area (Å²) in [7, 11) is 3.70. The van der Waals surface area contributed by atoms with Crippen molar-refractivity contribution in [1.29, 1.82) is 0 Å². The number of aromatic nitrogens is 4. The average molecular weight is 261 g/mol. The molecule has 1 aromatic carbocycles. The molecule has 0 fully saturated rings. The Kier molecular flexibility index (Phi) is 4.85. The first-order chi connectivity index (χ1) is 9.28. The summed E-state index contributed by atoms with van der Waals surface area (Å²) in [5, 5.41) is 15.2. The van der Waals surface area contributed by atoms with Crippen molar-refractivity contribution in [2.45, 2.75) is 18.9 Å². The van der Waals surface area contributed by atoms with Crippen LogP contribution in [0.25, 0.3) is 0 Å². The first kappa shape index (κ1) is 13.5. The van der Waals surface area contributed by atoms with Crippen molar-refractivity contribution in [3.05, 3.63) is 36.2 Å². The van der Waals surface area contributed by atoms with Gasteiger partial charge >= 0.3 is 0 Å². The molecular weight excluding hydrogens is 242 g/mol. The number of aryl methyl sites for hydroxylation is 1. The number of hydrogen-bond donors (Lipinski definition) is 1. The van der Waals surface area contributed by atoms with E-state index in [9.17, 15) is 0 Å². The molecule has 2 aromatic rings. The number of ether oxygens (including phenoxy) is 1. The molecule has 0 bridgehead atoms. The van der Waals surface area contributed by atoms with Crippen LogP contribution in [0.3, 0.4) is 0 Å². The maximum atomic E-state index is 5.68. The van der Waals surface area contributed by atoms with Crippen LogP contribution >= 0.6 is 0 Å². The molecule has 1 atom stereocenters. The summed E-state index contributed by atoms with van der Waals surface area (Å²) in [4.78, 5) is 1.47. The van der Waals surface area contributed by atoms with Crippen LogP contribution in [-0.4, -0.2) is 39.9 Å². The molecule has 0 saturated heterocycles. The lowest BCUT2D eigenvalue weighted by Gasteiger charge is -2.14. The maximum Gasteiger partial charge on any atom is 0.176 e. The Labute approximate surface area is 112 Å². The van der Waals surface area contributed by atoms with Gasteiger partial charge in [0.25, 0.3) is 0 Å². The topological polar surface area (TPSA) is 64.9 Å². The fourth-order valence-corrected chi connectivity index (χ4v) is 1.81. The lowest BCUT2D eigenvalue weighted by atomic mass is 10.1. The van der Waals surface area contributed by atoms with E-state index in [2.05, 4.69) is 20.7 Å². The van der Waals surface area contributed by atoms with E-state index >= 15 is 0 Å². The molecule has 1 N–H and O–H groups in total. The average Bonchev–Trinajstić information content (AvgIpc) is 2.84. The van der Waals surface area contributed by atoms with E-state index in [0.29, 0.717) is 6.61 Å². The molecule has 6 heteroatoms. The fourth-order valence-electron chi connectivity index (χ4n) is 1.81. The Balaban J connectivity index is 1.76. The van der Waals surface area contributed by atoms with Crippen LogP contribution in [0.15, 0.2) is 30.3 Å². The van der Waals surface area contributed by atoms with Crippen LogP contribution < -0.4 is 10.1 Å². The van der Waals surface area contributed by atoms with E-state index in [0.717, 1.165) is 24.4 Å². The SMILES string of the molecule is CNC(CCOc1ccccc1)Cc1nnn(C)n1. The highest BCUT2D eigenvalue weighted by molar-refractivity contribution is 5.20. The van der Waals surface area contributed by atoms with Gasteiger partial charge in [-0.3, -0.25) is 0 Å². The summed E-state index contributed by atoms with van der Waals surface area (Å²) in [5.74, 6) is 1.65. The minimum Gasteiger partial charge on any atom is -0.494 e. The first-order valence-corrected chi connectivity index (χ1v) is 6.36. The predicted molar refractivity (Wildman–Crippen MR) is 71.9 cm³/mol. The molecule has 0 spiro atoms. The predicted octanol–water partition coefficient (Wildman–Crippen LogP) is 0.810. The van der Waals surface area contributed by atoms with E-state index < -0.39 is 0 Å². The Hall–Kier alpha value is -1.95. The summed E-state index contributed by atoms with van der Waals surface area (Å²) in [6, 6.07) is 10.1. The zero-order valence-corrected chi connectivity index (χ0v) is 11.3. The molecule has 0 amide bonds. The number of likely N-dealkylation sites (N-methyl/N-ethyl adjacent to an activating group) is 1. The van der Waals surface area contributed by atoms with Crippen LogP contribution in [0.5, 0.6) is 5.75 Å². The van der Waals surface area contributed by atoms with Gasteiger partial charge in [-0.2, -0.15) is 4.80 Å². The Morgan fingerprint density at radius 2 is 2.11 bits per heavy atom. The van der Waals surface area contributed by atoms with Crippen molar-refractivity contribution in [3.63, 3.8) is 0 Å². The van der Waals surface area contributed by atoms with Crippen molar-refractivity contribution < 1.29 is 4.74 Å². The van der Waals surface area contributed by atoms with E-state index in [-0.39, 0.29) is 6.04 Å². The Bertz CT molecular complexity index is 485. The molecular formula is C13H19N5O. The minimum atomic E-state index is 0.285. The number of nitrogens with one attached hydrogen (secondary N) is 1. The molecule has 1 unspecified atom stereocenters. The van der Waals surface area contributed by atoms with Gasteiger partial charge in [0.15, 0.2) is 5.82 Å². The molecule has 0 aliphatic carbocycles. The van der Waals surface area contributed by atoms with Gasteiger partial charge in [-0.1, -0.05) is 18.2 Å². The van der Waals surface area contributed by atoms with Crippen molar-refractivity contribution in [2.75, 3.05) is 13.7 Å². The second kappa shape index (κ2) is 6.84. The number of benzene rings is 1. The van der Waals surface area contributed by atoms with E-state index in [1.165, 1.54) is 4.80 Å².